The Morgan fingerprint density at radius 3 is 2.62 bits per heavy atom. The van der Waals surface area contributed by atoms with Gasteiger partial charge in [-0.2, -0.15) is 5.10 Å². The average Bonchev–Trinajstić information content (AvgIpc) is 3.19. The summed E-state index contributed by atoms with van der Waals surface area (Å²) in [5.74, 6) is -1.48. The number of nitrogens with one attached hydrogen (secondary N) is 1. The molecule has 0 aliphatic carbocycles. The van der Waals surface area contributed by atoms with E-state index < -0.39 is 17.2 Å². The zero-order valence-corrected chi connectivity index (χ0v) is 14.9. The van der Waals surface area contributed by atoms with Crippen molar-refractivity contribution in [3.05, 3.63) is 88.6 Å². The number of hydrogen-bond acceptors (Lipinski definition) is 4. The molecule has 5 rings (SSSR count). The highest BCUT2D eigenvalue weighted by Gasteiger charge is 2.16. The molecule has 5 aromatic rings. The lowest BCUT2D eigenvalue weighted by molar-refractivity contribution is 0.544. The second-order valence-electron chi connectivity index (χ2n) is 6.62. The molecule has 0 radical (unpaired) electrons. The maximum absolute atomic E-state index is 14.9. The van der Waals surface area contributed by atoms with Crippen molar-refractivity contribution in [3.63, 3.8) is 0 Å². The monoisotopic (exact) mass is 389 g/mol. The van der Waals surface area contributed by atoms with E-state index >= 15 is 0 Å². The van der Waals surface area contributed by atoms with Crippen LogP contribution in [0.4, 0.5) is 8.78 Å². The van der Waals surface area contributed by atoms with Gasteiger partial charge in [-0.15, -0.1) is 0 Å². The fourth-order valence-electron chi connectivity index (χ4n) is 3.34. The molecule has 142 valence electrons. The zero-order chi connectivity index (χ0) is 20.0. The third-order valence-electron chi connectivity index (χ3n) is 4.83. The molecule has 0 fully saturated rings. The molecule has 3 aromatic heterocycles. The van der Waals surface area contributed by atoms with Gasteiger partial charge in [0.05, 0.1) is 24.5 Å². The number of H-pyrrole nitrogens is 1. The van der Waals surface area contributed by atoms with E-state index in [2.05, 4.69) is 20.2 Å². The Morgan fingerprint density at radius 2 is 1.79 bits per heavy atom. The van der Waals surface area contributed by atoms with Crippen LogP contribution in [0.15, 0.2) is 65.8 Å². The summed E-state index contributed by atoms with van der Waals surface area (Å²) >= 11 is 0. The topological polar surface area (TPSA) is 76.5 Å². The number of pyridine rings is 1. The first-order valence-electron chi connectivity index (χ1n) is 8.82. The van der Waals surface area contributed by atoms with Crippen LogP contribution in [0.2, 0.25) is 0 Å². The van der Waals surface area contributed by atoms with Crippen LogP contribution >= 0.6 is 0 Å². The maximum Gasteiger partial charge on any atom is 0.270 e. The summed E-state index contributed by atoms with van der Waals surface area (Å²) in [4.78, 5) is 20.4. The van der Waals surface area contributed by atoms with E-state index in [0.29, 0.717) is 16.6 Å². The minimum absolute atomic E-state index is 0.211. The first-order chi connectivity index (χ1) is 14.1. The third kappa shape index (κ3) is 2.94. The van der Waals surface area contributed by atoms with Crippen molar-refractivity contribution in [1.82, 2.24) is 24.7 Å². The second-order valence-corrected chi connectivity index (χ2v) is 6.62. The second kappa shape index (κ2) is 6.59. The van der Waals surface area contributed by atoms with Crippen LogP contribution in [-0.4, -0.2) is 24.7 Å². The summed E-state index contributed by atoms with van der Waals surface area (Å²) in [6.45, 7) is -0.285. The lowest BCUT2D eigenvalue weighted by Gasteiger charge is -2.12. The largest absolute Gasteiger partial charge is 0.285 e. The Labute approximate surface area is 162 Å². The van der Waals surface area contributed by atoms with E-state index in [1.54, 1.807) is 30.5 Å². The number of nitrogens with zero attached hydrogens (tertiary/aromatic N) is 4. The maximum atomic E-state index is 14.9. The lowest BCUT2D eigenvalue weighted by atomic mass is 10.0. The Bertz CT molecular complexity index is 1420. The molecule has 6 nitrogen and oxygen atoms in total. The van der Waals surface area contributed by atoms with E-state index in [4.69, 9.17) is 0 Å². The van der Waals surface area contributed by atoms with Gasteiger partial charge in [-0.05, 0) is 41.5 Å². The summed E-state index contributed by atoms with van der Waals surface area (Å²) in [5.41, 5.74) is 1.86. The third-order valence-corrected chi connectivity index (χ3v) is 4.83. The summed E-state index contributed by atoms with van der Waals surface area (Å²) in [6.07, 6.45) is 4.29. The van der Waals surface area contributed by atoms with Crippen molar-refractivity contribution in [2.75, 3.05) is 0 Å². The fraction of sp³-hybridized carbons (Fsp3) is 0.0476. The van der Waals surface area contributed by atoms with Gasteiger partial charge in [0, 0.05) is 17.1 Å². The van der Waals surface area contributed by atoms with E-state index in [1.807, 2.05) is 6.07 Å². The standard InChI is InChI=1S/C21H13F2N5O/c22-16-6-14(12-3-4-13-9-26-27-19(13)8-12)7-17(23)15(16)11-28-20(29)10-25-18-2-1-5-24-21(18)28/h1-10H,11H2,(H,26,27). The molecule has 0 aliphatic rings. The Morgan fingerprint density at radius 1 is 0.966 bits per heavy atom. The predicted octanol–water partition coefficient (Wildman–Crippen LogP) is 3.66. The van der Waals surface area contributed by atoms with Gasteiger partial charge in [0.2, 0.25) is 0 Å². The zero-order valence-electron chi connectivity index (χ0n) is 14.9. The van der Waals surface area contributed by atoms with E-state index in [-0.39, 0.29) is 17.8 Å². The highest BCUT2D eigenvalue weighted by Crippen LogP contribution is 2.27. The highest BCUT2D eigenvalue weighted by molar-refractivity contribution is 5.83. The Hall–Kier alpha value is -3.94. The van der Waals surface area contributed by atoms with Crippen molar-refractivity contribution in [2.24, 2.45) is 0 Å². The number of rotatable bonds is 3. The molecule has 0 aliphatic heterocycles. The predicted molar refractivity (Wildman–Crippen MR) is 104 cm³/mol. The molecule has 0 amide bonds. The number of aromatic amines is 1. The van der Waals surface area contributed by atoms with Gasteiger partial charge in [0.15, 0.2) is 5.65 Å². The highest BCUT2D eigenvalue weighted by atomic mass is 19.1. The molecule has 0 atom stereocenters. The molecule has 29 heavy (non-hydrogen) atoms. The van der Waals surface area contributed by atoms with Crippen LogP contribution in [0.3, 0.4) is 0 Å². The summed E-state index contributed by atoms with van der Waals surface area (Å²) in [7, 11) is 0. The Balaban J connectivity index is 1.59. The smallest absolute Gasteiger partial charge is 0.270 e. The molecule has 0 bridgehead atoms. The van der Waals surface area contributed by atoms with Gasteiger partial charge < -0.3 is 0 Å². The van der Waals surface area contributed by atoms with Gasteiger partial charge in [-0.25, -0.2) is 18.7 Å². The van der Waals surface area contributed by atoms with E-state index in [1.165, 1.54) is 22.9 Å². The summed E-state index contributed by atoms with van der Waals surface area (Å²) in [6, 6.07) is 11.3. The average molecular weight is 389 g/mol. The van der Waals surface area contributed by atoms with Crippen LogP contribution in [0.5, 0.6) is 0 Å². The van der Waals surface area contributed by atoms with Crippen LogP contribution in [-0.2, 0) is 6.54 Å². The normalized spacial score (nSPS) is 11.4. The van der Waals surface area contributed by atoms with Crippen LogP contribution in [0.1, 0.15) is 5.56 Å². The van der Waals surface area contributed by atoms with Crippen molar-refractivity contribution in [2.45, 2.75) is 6.54 Å². The number of hydrogen-bond donors (Lipinski definition) is 1. The van der Waals surface area contributed by atoms with Gasteiger partial charge in [-0.3, -0.25) is 14.5 Å². The molecule has 0 saturated carbocycles. The van der Waals surface area contributed by atoms with Crippen LogP contribution in [0, 0.1) is 11.6 Å². The molecule has 3 heterocycles. The van der Waals surface area contributed by atoms with Gasteiger partial charge in [0.1, 0.15) is 17.2 Å². The minimum Gasteiger partial charge on any atom is -0.285 e. The van der Waals surface area contributed by atoms with Crippen molar-refractivity contribution >= 4 is 22.1 Å². The molecular formula is C21H13F2N5O. The van der Waals surface area contributed by atoms with Crippen molar-refractivity contribution in [1.29, 1.82) is 0 Å². The summed E-state index contributed by atoms with van der Waals surface area (Å²) < 4.78 is 30.9. The van der Waals surface area contributed by atoms with Crippen LogP contribution < -0.4 is 5.56 Å². The quantitative estimate of drug-likeness (QED) is 0.511. The minimum atomic E-state index is -0.738. The molecule has 8 heteroatoms. The van der Waals surface area contributed by atoms with Gasteiger partial charge in [-0.1, -0.05) is 12.1 Å². The van der Waals surface area contributed by atoms with Crippen molar-refractivity contribution in [3.8, 4) is 11.1 Å². The van der Waals surface area contributed by atoms with Crippen molar-refractivity contribution < 1.29 is 8.78 Å². The first kappa shape index (κ1) is 17.2. The van der Waals surface area contributed by atoms with E-state index in [0.717, 1.165) is 17.1 Å². The molecule has 1 N–H and O–H groups in total. The molecule has 0 unspecified atom stereocenters. The van der Waals surface area contributed by atoms with E-state index in [9.17, 15) is 13.6 Å². The molecule has 0 saturated heterocycles. The molecule has 2 aromatic carbocycles. The fourth-order valence-corrected chi connectivity index (χ4v) is 3.34. The van der Waals surface area contributed by atoms with Gasteiger partial charge in [0.25, 0.3) is 5.56 Å². The number of halogens is 2. The number of fused-ring (bicyclic) bond motifs is 2. The molecular weight excluding hydrogens is 376 g/mol. The lowest BCUT2D eigenvalue weighted by Crippen LogP contribution is -2.23. The van der Waals surface area contributed by atoms with Gasteiger partial charge >= 0.3 is 0 Å². The first-order valence-corrected chi connectivity index (χ1v) is 8.82. The SMILES string of the molecule is O=c1cnc2cccnc2n1Cc1c(F)cc(-c2ccc3cn[nH]c3c2)cc1F. The summed E-state index contributed by atoms with van der Waals surface area (Å²) in [5, 5.41) is 7.69. The molecule has 0 spiro atoms. The number of benzene rings is 2. The Kier molecular flexibility index (Phi) is 3.90. The van der Waals surface area contributed by atoms with Crippen LogP contribution in [0.25, 0.3) is 33.2 Å². The number of aromatic nitrogens is 5.